The van der Waals surface area contributed by atoms with Gasteiger partial charge in [-0.25, -0.2) is 15.0 Å². The SMILES string of the molecule is CCCc1nc(N)c(C)c(NCc2scnc2C)n1. The quantitative estimate of drug-likeness (QED) is 0.878. The lowest BCUT2D eigenvalue weighted by molar-refractivity contribution is 0.833. The van der Waals surface area contributed by atoms with Crippen molar-refractivity contribution < 1.29 is 0 Å². The average Bonchev–Trinajstić information content (AvgIpc) is 2.78. The number of hydrogen-bond donors (Lipinski definition) is 2. The van der Waals surface area contributed by atoms with Gasteiger partial charge in [-0.3, -0.25) is 0 Å². The number of hydrogen-bond acceptors (Lipinski definition) is 6. The zero-order chi connectivity index (χ0) is 13.8. The Morgan fingerprint density at radius 3 is 2.74 bits per heavy atom. The molecule has 0 aliphatic carbocycles. The first-order valence-corrected chi connectivity index (χ1v) is 7.25. The summed E-state index contributed by atoms with van der Waals surface area (Å²) in [6.45, 7) is 6.77. The molecule has 102 valence electrons. The fraction of sp³-hybridized carbons (Fsp3) is 0.462. The van der Waals surface area contributed by atoms with Crippen LogP contribution in [0.15, 0.2) is 5.51 Å². The fourth-order valence-corrected chi connectivity index (χ4v) is 2.47. The van der Waals surface area contributed by atoms with Crippen LogP contribution in [0, 0.1) is 13.8 Å². The summed E-state index contributed by atoms with van der Waals surface area (Å²) < 4.78 is 0. The smallest absolute Gasteiger partial charge is 0.135 e. The van der Waals surface area contributed by atoms with Crippen LogP contribution in [0.2, 0.25) is 0 Å². The molecule has 0 atom stereocenters. The van der Waals surface area contributed by atoms with Crippen molar-refractivity contribution in [2.24, 2.45) is 0 Å². The van der Waals surface area contributed by atoms with E-state index in [0.717, 1.165) is 42.3 Å². The zero-order valence-corrected chi connectivity index (χ0v) is 12.3. The number of aryl methyl sites for hydroxylation is 2. The van der Waals surface area contributed by atoms with E-state index in [1.807, 2.05) is 19.4 Å². The van der Waals surface area contributed by atoms with Gasteiger partial charge in [0.1, 0.15) is 17.5 Å². The summed E-state index contributed by atoms with van der Waals surface area (Å²) in [5, 5.41) is 3.34. The highest BCUT2D eigenvalue weighted by Crippen LogP contribution is 2.20. The molecule has 2 aromatic rings. The highest BCUT2D eigenvalue weighted by molar-refractivity contribution is 7.09. The number of nitrogens with two attached hydrogens (primary N) is 1. The van der Waals surface area contributed by atoms with E-state index in [9.17, 15) is 0 Å². The molecule has 0 aromatic carbocycles. The van der Waals surface area contributed by atoms with Crippen molar-refractivity contribution in [3.05, 3.63) is 27.5 Å². The number of nitrogen functional groups attached to an aromatic ring is 1. The lowest BCUT2D eigenvalue weighted by atomic mass is 10.2. The number of rotatable bonds is 5. The zero-order valence-electron chi connectivity index (χ0n) is 11.5. The van der Waals surface area contributed by atoms with E-state index < -0.39 is 0 Å². The number of thiazole rings is 1. The topological polar surface area (TPSA) is 76.7 Å². The van der Waals surface area contributed by atoms with Crippen LogP contribution in [0.5, 0.6) is 0 Å². The van der Waals surface area contributed by atoms with E-state index in [4.69, 9.17) is 5.73 Å². The van der Waals surface area contributed by atoms with Crippen molar-refractivity contribution in [2.75, 3.05) is 11.1 Å². The summed E-state index contributed by atoms with van der Waals surface area (Å²) in [5.41, 5.74) is 9.75. The lowest BCUT2D eigenvalue weighted by Crippen LogP contribution is -2.09. The molecule has 2 aromatic heterocycles. The number of nitrogens with one attached hydrogen (secondary N) is 1. The van der Waals surface area contributed by atoms with E-state index in [-0.39, 0.29) is 0 Å². The molecule has 0 radical (unpaired) electrons. The second kappa shape index (κ2) is 5.97. The molecular formula is C13H19N5S. The third kappa shape index (κ3) is 3.20. The summed E-state index contributed by atoms with van der Waals surface area (Å²) in [6, 6.07) is 0. The molecule has 3 N–H and O–H groups in total. The minimum atomic E-state index is 0.557. The molecular weight excluding hydrogens is 258 g/mol. The van der Waals surface area contributed by atoms with Gasteiger partial charge in [-0.1, -0.05) is 6.92 Å². The van der Waals surface area contributed by atoms with Crippen LogP contribution in [0.1, 0.15) is 35.3 Å². The monoisotopic (exact) mass is 277 g/mol. The Balaban J connectivity index is 2.17. The van der Waals surface area contributed by atoms with E-state index in [0.29, 0.717) is 5.82 Å². The van der Waals surface area contributed by atoms with Crippen LogP contribution in [0.3, 0.4) is 0 Å². The Morgan fingerprint density at radius 2 is 2.11 bits per heavy atom. The van der Waals surface area contributed by atoms with E-state index in [1.165, 1.54) is 4.88 Å². The van der Waals surface area contributed by atoms with Gasteiger partial charge in [-0.2, -0.15) is 0 Å². The Morgan fingerprint density at radius 1 is 1.32 bits per heavy atom. The summed E-state index contributed by atoms with van der Waals surface area (Å²) in [6.07, 6.45) is 1.86. The fourth-order valence-electron chi connectivity index (χ4n) is 1.75. The molecule has 0 aliphatic heterocycles. The van der Waals surface area contributed by atoms with Crippen LogP contribution >= 0.6 is 11.3 Å². The van der Waals surface area contributed by atoms with Gasteiger partial charge in [-0.15, -0.1) is 11.3 Å². The van der Waals surface area contributed by atoms with Crippen LogP contribution in [-0.4, -0.2) is 15.0 Å². The van der Waals surface area contributed by atoms with Crippen LogP contribution < -0.4 is 11.1 Å². The molecule has 5 nitrogen and oxygen atoms in total. The van der Waals surface area contributed by atoms with E-state index in [2.05, 4.69) is 27.2 Å². The first-order chi connectivity index (χ1) is 9.11. The Bertz CT molecular complexity index is 564. The van der Waals surface area contributed by atoms with Crippen molar-refractivity contribution in [1.82, 2.24) is 15.0 Å². The second-order valence-corrected chi connectivity index (χ2v) is 5.40. The molecule has 6 heteroatoms. The van der Waals surface area contributed by atoms with Gasteiger partial charge in [0.2, 0.25) is 0 Å². The van der Waals surface area contributed by atoms with Gasteiger partial charge in [0.25, 0.3) is 0 Å². The molecule has 2 heterocycles. The molecule has 0 amide bonds. The molecule has 0 fully saturated rings. The molecule has 0 spiro atoms. The van der Waals surface area contributed by atoms with E-state index in [1.54, 1.807) is 11.3 Å². The first kappa shape index (κ1) is 13.7. The molecule has 0 aliphatic rings. The minimum Gasteiger partial charge on any atom is -0.383 e. The first-order valence-electron chi connectivity index (χ1n) is 6.37. The van der Waals surface area contributed by atoms with Crippen molar-refractivity contribution in [3.63, 3.8) is 0 Å². The van der Waals surface area contributed by atoms with Gasteiger partial charge in [0.15, 0.2) is 0 Å². The molecule has 0 saturated heterocycles. The maximum Gasteiger partial charge on any atom is 0.135 e. The highest BCUT2D eigenvalue weighted by atomic mass is 32.1. The molecule has 2 rings (SSSR count). The normalized spacial score (nSPS) is 10.7. The predicted octanol–water partition coefficient (Wildman–Crippen LogP) is 2.70. The lowest BCUT2D eigenvalue weighted by Gasteiger charge is -2.11. The number of anilines is 2. The molecule has 0 saturated carbocycles. The Labute approximate surface area is 117 Å². The maximum atomic E-state index is 5.93. The minimum absolute atomic E-state index is 0.557. The average molecular weight is 277 g/mol. The highest BCUT2D eigenvalue weighted by Gasteiger charge is 2.09. The van der Waals surface area contributed by atoms with Crippen molar-refractivity contribution in [1.29, 1.82) is 0 Å². The summed E-state index contributed by atoms with van der Waals surface area (Å²) >= 11 is 1.65. The molecule has 19 heavy (non-hydrogen) atoms. The van der Waals surface area contributed by atoms with Gasteiger partial charge in [0.05, 0.1) is 17.7 Å². The molecule has 0 unspecified atom stereocenters. The van der Waals surface area contributed by atoms with Gasteiger partial charge in [-0.05, 0) is 20.3 Å². The van der Waals surface area contributed by atoms with Crippen molar-refractivity contribution in [2.45, 2.75) is 40.2 Å². The largest absolute Gasteiger partial charge is 0.383 e. The summed E-state index contributed by atoms with van der Waals surface area (Å²) in [7, 11) is 0. The van der Waals surface area contributed by atoms with Gasteiger partial charge >= 0.3 is 0 Å². The summed E-state index contributed by atoms with van der Waals surface area (Å²) in [5.74, 6) is 2.18. The Hall–Kier alpha value is -1.69. The van der Waals surface area contributed by atoms with Crippen LogP contribution in [-0.2, 0) is 13.0 Å². The summed E-state index contributed by atoms with van der Waals surface area (Å²) in [4.78, 5) is 14.3. The van der Waals surface area contributed by atoms with E-state index >= 15 is 0 Å². The predicted molar refractivity (Wildman–Crippen MR) is 79.4 cm³/mol. The maximum absolute atomic E-state index is 5.93. The third-order valence-electron chi connectivity index (χ3n) is 2.96. The molecule has 0 bridgehead atoms. The van der Waals surface area contributed by atoms with Crippen LogP contribution in [0.25, 0.3) is 0 Å². The van der Waals surface area contributed by atoms with Gasteiger partial charge < -0.3 is 11.1 Å². The van der Waals surface area contributed by atoms with Crippen molar-refractivity contribution in [3.8, 4) is 0 Å². The van der Waals surface area contributed by atoms with Gasteiger partial charge in [0, 0.05) is 16.9 Å². The number of nitrogens with zero attached hydrogens (tertiary/aromatic N) is 3. The number of aromatic nitrogens is 3. The Kier molecular flexibility index (Phi) is 4.31. The standard InChI is InChI=1S/C13H19N5S/c1-4-5-11-17-12(14)8(2)13(18-11)15-6-10-9(3)16-7-19-10/h7H,4-6H2,1-3H3,(H3,14,15,17,18). The van der Waals surface area contributed by atoms with Crippen LogP contribution in [0.4, 0.5) is 11.6 Å². The third-order valence-corrected chi connectivity index (χ3v) is 3.90. The van der Waals surface area contributed by atoms with Crippen molar-refractivity contribution >= 4 is 23.0 Å². The second-order valence-electron chi connectivity index (χ2n) is 4.46.